The maximum absolute atomic E-state index is 4.62. The monoisotopic (exact) mass is 335 g/mol. The van der Waals surface area contributed by atoms with E-state index in [0.717, 1.165) is 33.3 Å². The molecule has 4 aromatic rings. The van der Waals surface area contributed by atoms with Gasteiger partial charge in [0.05, 0.1) is 5.69 Å². The zero-order valence-electron chi connectivity index (χ0n) is 12.8. The fourth-order valence-electron chi connectivity index (χ4n) is 2.27. The number of aryl methyl sites for hydroxylation is 1. The predicted octanol–water partition coefficient (Wildman–Crippen LogP) is 3.44. The Hall–Kier alpha value is -3.13. The van der Waals surface area contributed by atoms with Gasteiger partial charge in [-0.15, -0.1) is 11.3 Å². The summed E-state index contributed by atoms with van der Waals surface area (Å²) in [7, 11) is 0. The highest BCUT2D eigenvalue weighted by Crippen LogP contribution is 2.32. The summed E-state index contributed by atoms with van der Waals surface area (Å²) in [6.45, 7) is 1.92. The molecule has 0 spiro atoms. The van der Waals surface area contributed by atoms with Gasteiger partial charge in [0.1, 0.15) is 5.69 Å². The standard InChI is InChI=1S/C16H13N7S/c1-10-2-7-18-15(20-10)22-16-21-13(9-24-16)12-8-19-23-14(12)11-3-5-17-6-4-11/h2-9H,1H3,(H,19,23)(H,18,20,21,22). The number of thiazole rings is 1. The summed E-state index contributed by atoms with van der Waals surface area (Å²) in [6, 6.07) is 5.70. The van der Waals surface area contributed by atoms with E-state index in [4.69, 9.17) is 0 Å². The molecule has 0 unspecified atom stereocenters. The number of aromatic nitrogens is 6. The average Bonchev–Trinajstić information content (AvgIpc) is 3.24. The Balaban J connectivity index is 1.63. The van der Waals surface area contributed by atoms with Crippen molar-refractivity contribution in [3.05, 3.63) is 54.1 Å². The molecule has 8 heteroatoms. The summed E-state index contributed by atoms with van der Waals surface area (Å²) in [6.07, 6.45) is 7.06. The lowest BCUT2D eigenvalue weighted by Gasteiger charge is -2.01. The topological polar surface area (TPSA) is 92.3 Å². The molecule has 7 nitrogen and oxygen atoms in total. The summed E-state index contributed by atoms with van der Waals surface area (Å²) in [5.74, 6) is 0.539. The highest BCUT2D eigenvalue weighted by atomic mass is 32.1. The molecule has 0 saturated carbocycles. The van der Waals surface area contributed by atoms with Gasteiger partial charge < -0.3 is 5.32 Å². The zero-order chi connectivity index (χ0) is 16.4. The molecule has 0 bridgehead atoms. The van der Waals surface area contributed by atoms with Gasteiger partial charge in [0.25, 0.3) is 0 Å². The highest BCUT2D eigenvalue weighted by Gasteiger charge is 2.14. The normalized spacial score (nSPS) is 10.7. The number of nitrogens with zero attached hydrogens (tertiary/aromatic N) is 5. The van der Waals surface area contributed by atoms with Crippen LogP contribution in [0.3, 0.4) is 0 Å². The Bertz CT molecular complexity index is 961. The van der Waals surface area contributed by atoms with E-state index in [9.17, 15) is 0 Å². The van der Waals surface area contributed by atoms with Crippen LogP contribution in [0.25, 0.3) is 22.5 Å². The van der Waals surface area contributed by atoms with E-state index in [2.05, 4.69) is 35.5 Å². The Labute approximate surface area is 141 Å². The van der Waals surface area contributed by atoms with Crippen LogP contribution in [0.2, 0.25) is 0 Å². The van der Waals surface area contributed by atoms with Gasteiger partial charge in [0, 0.05) is 47.0 Å². The van der Waals surface area contributed by atoms with Crippen molar-refractivity contribution < 1.29 is 0 Å². The van der Waals surface area contributed by atoms with Crippen LogP contribution in [0.15, 0.2) is 48.4 Å². The molecule has 4 rings (SSSR count). The van der Waals surface area contributed by atoms with Gasteiger partial charge in [-0.1, -0.05) is 0 Å². The summed E-state index contributed by atoms with van der Waals surface area (Å²) in [4.78, 5) is 17.2. The lowest BCUT2D eigenvalue weighted by atomic mass is 10.1. The minimum absolute atomic E-state index is 0.539. The first-order chi connectivity index (χ1) is 11.8. The number of pyridine rings is 1. The van der Waals surface area contributed by atoms with Crippen LogP contribution in [-0.2, 0) is 0 Å². The fourth-order valence-corrected chi connectivity index (χ4v) is 2.98. The van der Waals surface area contributed by atoms with Gasteiger partial charge in [0.2, 0.25) is 5.95 Å². The van der Waals surface area contributed by atoms with E-state index in [-0.39, 0.29) is 0 Å². The molecular formula is C16H13N7S. The van der Waals surface area contributed by atoms with Gasteiger partial charge in [-0.2, -0.15) is 5.10 Å². The number of H-pyrrole nitrogens is 1. The van der Waals surface area contributed by atoms with Gasteiger partial charge in [-0.05, 0) is 25.1 Å². The molecule has 0 aliphatic carbocycles. The van der Waals surface area contributed by atoms with Crippen molar-refractivity contribution in [2.75, 3.05) is 5.32 Å². The third-order valence-electron chi connectivity index (χ3n) is 3.39. The second-order valence-corrected chi connectivity index (χ2v) is 5.93. The lowest BCUT2D eigenvalue weighted by Crippen LogP contribution is -1.97. The number of rotatable bonds is 4. The van der Waals surface area contributed by atoms with Crippen LogP contribution in [-0.4, -0.2) is 30.1 Å². The van der Waals surface area contributed by atoms with Crippen LogP contribution in [0.1, 0.15) is 5.69 Å². The van der Waals surface area contributed by atoms with E-state index in [1.807, 2.05) is 36.7 Å². The number of nitrogens with one attached hydrogen (secondary N) is 2. The van der Waals surface area contributed by atoms with Crippen molar-refractivity contribution in [1.29, 1.82) is 0 Å². The van der Waals surface area contributed by atoms with Crippen LogP contribution in [0.4, 0.5) is 11.1 Å². The third kappa shape index (κ3) is 2.86. The quantitative estimate of drug-likeness (QED) is 0.593. The molecule has 0 atom stereocenters. The Morgan fingerprint density at radius 3 is 2.79 bits per heavy atom. The second-order valence-electron chi connectivity index (χ2n) is 5.07. The summed E-state index contributed by atoms with van der Waals surface area (Å²) >= 11 is 1.50. The average molecular weight is 335 g/mol. The van der Waals surface area contributed by atoms with E-state index < -0.39 is 0 Å². The van der Waals surface area contributed by atoms with Gasteiger partial charge in [-0.25, -0.2) is 15.0 Å². The molecule has 0 amide bonds. The molecule has 0 aromatic carbocycles. The Morgan fingerprint density at radius 2 is 1.96 bits per heavy atom. The van der Waals surface area contributed by atoms with Crippen LogP contribution in [0.5, 0.6) is 0 Å². The Morgan fingerprint density at radius 1 is 1.08 bits per heavy atom. The molecule has 0 aliphatic heterocycles. The fraction of sp³-hybridized carbons (Fsp3) is 0.0625. The van der Waals surface area contributed by atoms with E-state index in [0.29, 0.717) is 5.95 Å². The molecule has 2 N–H and O–H groups in total. The number of anilines is 2. The van der Waals surface area contributed by atoms with Crippen LogP contribution in [0, 0.1) is 6.92 Å². The first kappa shape index (κ1) is 14.5. The summed E-state index contributed by atoms with van der Waals surface area (Å²) in [5.41, 5.74) is 4.53. The molecule has 0 fully saturated rings. The van der Waals surface area contributed by atoms with Crippen LogP contribution >= 0.6 is 11.3 Å². The lowest BCUT2D eigenvalue weighted by molar-refractivity contribution is 1.09. The van der Waals surface area contributed by atoms with Crippen molar-refractivity contribution in [3.63, 3.8) is 0 Å². The zero-order valence-corrected chi connectivity index (χ0v) is 13.6. The van der Waals surface area contributed by atoms with E-state index >= 15 is 0 Å². The molecule has 0 aliphatic rings. The third-order valence-corrected chi connectivity index (χ3v) is 4.15. The Kier molecular flexibility index (Phi) is 3.72. The molecule has 118 valence electrons. The molecule has 24 heavy (non-hydrogen) atoms. The number of hydrogen-bond donors (Lipinski definition) is 2. The van der Waals surface area contributed by atoms with Crippen molar-refractivity contribution in [2.24, 2.45) is 0 Å². The predicted molar refractivity (Wildman–Crippen MR) is 93.0 cm³/mol. The van der Waals surface area contributed by atoms with Crippen LogP contribution < -0.4 is 5.32 Å². The minimum Gasteiger partial charge on any atom is -0.300 e. The maximum Gasteiger partial charge on any atom is 0.229 e. The molecule has 4 heterocycles. The van der Waals surface area contributed by atoms with Gasteiger partial charge >= 0.3 is 0 Å². The molecule has 0 saturated heterocycles. The van der Waals surface area contributed by atoms with E-state index in [1.54, 1.807) is 18.6 Å². The molecule has 0 radical (unpaired) electrons. The first-order valence-corrected chi connectivity index (χ1v) is 8.14. The second kappa shape index (κ2) is 6.17. The smallest absolute Gasteiger partial charge is 0.229 e. The largest absolute Gasteiger partial charge is 0.300 e. The maximum atomic E-state index is 4.62. The van der Waals surface area contributed by atoms with Crippen molar-refractivity contribution in [2.45, 2.75) is 6.92 Å². The number of hydrogen-bond acceptors (Lipinski definition) is 7. The molecule has 4 aromatic heterocycles. The van der Waals surface area contributed by atoms with Crippen molar-refractivity contribution >= 4 is 22.4 Å². The minimum atomic E-state index is 0.539. The molecular weight excluding hydrogens is 322 g/mol. The SMILES string of the molecule is Cc1ccnc(Nc2nc(-c3c[nH]nc3-c3ccncc3)cs2)n1. The van der Waals surface area contributed by atoms with Crippen molar-refractivity contribution in [1.82, 2.24) is 30.1 Å². The highest BCUT2D eigenvalue weighted by molar-refractivity contribution is 7.14. The number of aromatic amines is 1. The summed E-state index contributed by atoms with van der Waals surface area (Å²) < 4.78 is 0. The first-order valence-electron chi connectivity index (χ1n) is 7.26. The van der Waals surface area contributed by atoms with Gasteiger partial charge in [0.15, 0.2) is 5.13 Å². The van der Waals surface area contributed by atoms with Crippen molar-refractivity contribution in [3.8, 4) is 22.5 Å². The summed E-state index contributed by atoms with van der Waals surface area (Å²) in [5, 5.41) is 13.1. The van der Waals surface area contributed by atoms with Gasteiger partial charge in [-0.3, -0.25) is 10.1 Å². The van der Waals surface area contributed by atoms with E-state index in [1.165, 1.54) is 11.3 Å².